The number of nitrogens with one attached hydrogen (secondary N) is 1. The van der Waals surface area contributed by atoms with Gasteiger partial charge in [0.2, 0.25) is 0 Å². The number of hydrogen-bond donors (Lipinski definition) is 2. The van der Waals surface area contributed by atoms with Crippen LogP contribution in [-0.4, -0.2) is 19.1 Å². The second-order valence-corrected chi connectivity index (χ2v) is 6.33. The van der Waals surface area contributed by atoms with Gasteiger partial charge in [-0.25, -0.2) is 0 Å². The minimum Gasteiger partial charge on any atom is -0.329 e. The topological polar surface area (TPSA) is 38.0 Å². The van der Waals surface area contributed by atoms with Gasteiger partial charge >= 0.3 is 0 Å². The Balaban J connectivity index is 1.87. The minimum atomic E-state index is 0.170. The highest BCUT2D eigenvalue weighted by atomic mass is 14.9. The molecule has 1 aliphatic carbocycles. The van der Waals surface area contributed by atoms with E-state index in [4.69, 9.17) is 5.73 Å². The predicted octanol–water partition coefficient (Wildman–Crippen LogP) is 3.46. The molecule has 0 atom stereocenters. The predicted molar refractivity (Wildman–Crippen MR) is 93.0 cm³/mol. The summed E-state index contributed by atoms with van der Waals surface area (Å²) >= 11 is 0. The van der Waals surface area contributed by atoms with E-state index in [2.05, 4.69) is 66.0 Å². The van der Waals surface area contributed by atoms with Crippen LogP contribution in [0.15, 0.2) is 60.7 Å². The Kier molecular flexibility index (Phi) is 4.91. The largest absolute Gasteiger partial charge is 0.329 e. The second kappa shape index (κ2) is 7.08. The van der Waals surface area contributed by atoms with Crippen LogP contribution in [0.4, 0.5) is 0 Å². The molecule has 1 fully saturated rings. The Morgan fingerprint density at radius 2 is 1.36 bits per heavy atom. The molecule has 3 rings (SSSR count). The van der Waals surface area contributed by atoms with Crippen molar-refractivity contribution in [1.29, 1.82) is 0 Å². The van der Waals surface area contributed by atoms with Gasteiger partial charge in [-0.05, 0) is 36.8 Å². The second-order valence-electron chi connectivity index (χ2n) is 6.33. The van der Waals surface area contributed by atoms with Gasteiger partial charge < -0.3 is 11.1 Å². The van der Waals surface area contributed by atoms with Crippen LogP contribution < -0.4 is 11.1 Å². The summed E-state index contributed by atoms with van der Waals surface area (Å²) in [5.41, 5.74) is 8.70. The molecule has 2 heteroatoms. The number of benzene rings is 2. The summed E-state index contributed by atoms with van der Waals surface area (Å²) in [4.78, 5) is 0. The van der Waals surface area contributed by atoms with Crippen molar-refractivity contribution < 1.29 is 0 Å². The van der Waals surface area contributed by atoms with Gasteiger partial charge in [0, 0.05) is 24.5 Å². The molecule has 0 aromatic heterocycles. The summed E-state index contributed by atoms with van der Waals surface area (Å²) in [5, 5.41) is 3.59. The molecule has 2 aromatic rings. The van der Waals surface area contributed by atoms with Gasteiger partial charge in [0.15, 0.2) is 0 Å². The molecule has 1 saturated carbocycles. The molecule has 0 aliphatic heterocycles. The first-order valence-electron chi connectivity index (χ1n) is 8.40. The van der Waals surface area contributed by atoms with Crippen LogP contribution in [-0.2, 0) is 5.41 Å². The molecule has 0 heterocycles. The van der Waals surface area contributed by atoms with Crippen LogP contribution in [0.1, 0.15) is 36.8 Å². The molecule has 0 unspecified atom stereocenters. The zero-order valence-corrected chi connectivity index (χ0v) is 13.2. The number of nitrogens with two attached hydrogens (primary N) is 1. The summed E-state index contributed by atoms with van der Waals surface area (Å²) in [6.45, 7) is 1.65. The lowest BCUT2D eigenvalue weighted by molar-refractivity contribution is 0.284. The molecule has 0 saturated heterocycles. The SMILES string of the molecule is NCCNC1CCC(c2ccccc2)(c2ccccc2)CC1. The van der Waals surface area contributed by atoms with Gasteiger partial charge in [-0.15, -0.1) is 0 Å². The zero-order valence-electron chi connectivity index (χ0n) is 13.2. The fourth-order valence-corrected chi connectivity index (χ4v) is 3.86. The van der Waals surface area contributed by atoms with Crippen LogP contribution in [0, 0.1) is 0 Å². The number of rotatable bonds is 5. The maximum absolute atomic E-state index is 5.62. The Hall–Kier alpha value is -1.64. The summed E-state index contributed by atoms with van der Waals surface area (Å²) in [5.74, 6) is 0. The molecule has 2 nitrogen and oxygen atoms in total. The summed E-state index contributed by atoms with van der Waals surface area (Å²) in [6.07, 6.45) is 4.82. The van der Waals surface area contributed by atoms with E-state index in [9.17, 15) is 0 Å². The van der Waals surface area contributed by atoms with E-state index < -0.39 is 0 Å². The Morgan fingerprint density at radius 3 is 1.82 bits per heavy atom. The van der Waals surface area contributed by atoms with Crippen molar-refractivity contribution >= 4 is 0 Å². The average molecular weight is 294 g/mol. The van der Waals surface area contributed by atoms with Crippen LogP contribution in [0.2, 0.25) is 0 Å². The van der Waals surface area contributed by atoms with Crippen LogP contribution in [0.25, 0.3) is 0 Å². The van der Waals surface area contributed by atoms with Crippen LogP contribution >= 0.6 is 0 Å². The summed E-state index contributed by atoms with van der Waals surface area (Å²) < 4.78 is 0. The Bertz CT molecular complexity index is 515. The molecular weight excluding hydrogens is 268 g/mol. The van der Waals surface area contributed by atoms with Crippen molar-refractivity contribution in [2.75, 3.05) is 13.1 Å². The molecule has 22 heavy (non-hydrogen) atoms. The third kappa shape index (κ3) is 3.08. The quantitative estimate of drug-likeness (QED) is 0.886. The summed E-state index contributed by atoms with van der Waals surface area (Å²) in [6, 6.07) is 22.7. The highest BCUT2D eigenvalue weighted by molar-refractivity contribution is 5.39. The highest BCUT2D eigenvalue weighted by Gasteiger charge is 2.37. The monoisotopic (exact) mass is 294 g/mol. The van der Waals surface area contributed by atoms with Gasteiger partial charge in [-0.2, -0.15) is 0 Å². The molecular formula is C20H26N2. The van der Waals surface area contributed by atoms with Crippen molar-refractivity contribution in [2.24, 2.45) is 5.73 Å². The van der Waals surface area contributed by atoms with Crippen LogP contribution in [0.3, 0.4) is 0 Å². The van der Waals surface area contributed by atoms with E-state index >= 15 is 0 Å². The Morgan fingerprint density at radius 1 is 0.864 bits per heavy atom. The smallest absolute Gasteiger partial charge is 0.0204 e. The first-order chi connectivity index (χ1) is 10.8. The van der Waals surface area contributed by atoms with Gasteiger partial charge in [0.05, 0.1) is 0 Å². The fraction of sp³-hybridized carbons (Fsp3) is 0.400. The lowest BCUT2D eigenvalue weighted by Crippen LogP contribution is -2.41. The fourth-order valence-electron chi connectivity index (χ4n) is 3.86. The molecule has 116 valence electrons. The summed E-state index contributed by atoms with van der Waals surface area (Å²) in [7, 11) is 0. The first-order valence-corrected chi connectivity index (χ1v) is 8.40. The van der Waals surface area contributed by atoms with Gasteiger partial charge in [-0.3, -0.25) is 0 Å². The maximum Gasteiger partial charge on any atom is 0.0204 e. The van der Waals surface area contributed by atoms with Crippen molar-refractivity contribution in [2.45, 2.75) is 37.1 Å². The third-order valence-electron chi connectivity index (χ3n) is 5.07. The lowest BCUT2D eigenvalue weighted by atomic mass is 9.64. The van der Waals surface area contributed by atoms with Crippen molar-refractivity contribution in [3.63, 3.8) is 0 Å². The van der Waals surface area contributed by atoms with Gasteiger partial charge in [-0.1, -0.05) is 60.7 Å². The average Bonchev–Trinajstić information content (AvgIpc) is 2.62. The van der Waals surface area contributed by atoms with Crippen molar-refractivity contribution in [3.8, 4) is 0 Å². The van der Waals surface area contributed by atoms with Crippen LogP contribution in [0.5, 0.6) is 0 Å². The van der Waals surface area contributed by atoms with Gasteiger partial charge in [0.1, 0.15) is 0 Å². The number of hydrogen-bond acceptors (Lipinski definition) is 2. The lowest BCUT2D eigenvalue weighted by Gasteiger charge is -2.41. The molecule has 1 aliphatic rings. The Labute approximate surface area is 133 Å². The first kappa shape index (κ1) is 15.3. The maximum atomic E-state index is 5.62. The standard InChI is InChI=1S/C20H26N2/c21-15-16-22-19-11-13-20(14-12-19,17-7-3-1-4-8-17)18-9-5-2-6-10-18/h1-10,19,22H,11-16,21H2. The van der Waals surface area contributed by atoms with Crippen molar-refractivity contribution in [1.82, 2.24) is 5.32 Å². The van der Waals surface area contributed by atoms with E-state index in [-0.39, 0.29) is 5.41 Å². The molecule has 0 radical (unpaired) electrons. The normalized spacial score (nSPS) is 18.2. The molecule has 0 bridgehead atoms. The highest BCUT2D eigenvalue weighted by Crippen LogP contribution is 2.44. The molecule has 2 aromatic carbocycles. The van der Waals surface area contributed by atoms with E-state index in [0.29, 0.717) is 6.04 Å². The van der Waals surface area contributed by atoms with E-state index in [1.165, 1.54) is 36.8 Å². The molecule has 0 spiro atoms. The zero-order chi connectivity index (χ0) is 15.3. The van der Waals surface area contributed by atoms with Crippen molar-refractivity contribution in [3.05, 3.63) is 71.8 Å². The van der Waals surface area contributed by atoms with E-state index in [1.54, 1.807) is 0 Å². The van der Waals surface area contributed by atoms with Gasteiger partial charge in [0.25, 0.3) is 0 Å². The third-order valence-corrected chi connectivity index (χ3v) is 5.07. The molecule has 3 N–H and O–H groups in total. The van der Waals surface area contributed by atoms with E-state index in [0.717, 1.165) is 13.1 Å². The van der Waals surface area contributed by atoms with E-state index in [1.807, 2.05) is 0 Å². The minimum absolute atomic E-state index is 0.170. The molecule has 0 amide bonds.